The fourth-order valence-electron chi connectivity index (χ4n) is 1.42. The Balaban J connectivity index is 2.74. The Morgan fingerprint density at radius 2 is 2.17 bits per heavy atom. The summed E-state index contributed by atoms with van der Waals surface area (Å²) in [5, 5.41) is 10.3. The summed E-state index contributed by atoms with van der Waals surface area (Å²) in [5.74, 6) is -0.202. The topological polar surface area (TPSA) is 40.5 Å². The highest BCUT2D eigenvalue weighted by Crippen LogP contribution is 2.21. The highest BCUT2D eigenvalue weighted by atomic mass is 35.5. The molecule has 1 aromatic carbocycles. The number of aliphatic hydroxyl groups is 1. The lowest BCUT2D eigenvalue weighted by atomic mass is 10.2. The zero-order valence-corrected chi connectivity index (χ0v) is 11.7. The number of rotatable bonds is 4. The van der Waals surface area contributed by atoms with E-state index in [0.717, 1.165) is 0 Å². The van der Waals surface area contributed by atoms with Crippen molar-refractivity contribution in [3.05, 3.63) is 39.9 Å². The van der Waals surface area contributed by atoms with Crippen LogP contribution in [-0.4, -0.2) is 35.6 Å². The van der Waals surface area contributed by atoms with E-state index in [1.807, 2.05) is 0 Å². The molecule has 0 saturated carbocycles. The molecule has 5 heteroatoms. The predicted octanol–water partition coefficient (Wildman–Crippen LogP) is 2.85. The van der Waals surface area contributed by atoms with Gasteiger partial charge in [0.1, 0.15) is 0 Å². The molecule has 1 aromatic rings. The molecule has 0 fully saturated rings. The van der Waals surface area contributed by atoms with Gasteiger partial charge in [-0.3, -0.25) is 4.79 Å². The summed E-state index contributed by atoms with van der Waals surface area (Å²) in [7, 11) is 1.62. The molecule has 1 N–H and O–H groups in total. The van der Waals surface area contributed by atoms with Crippen LogP contribution in [0.15, 0.2) is 24.3 Å². The molecule has 3 nitrogen and oxygen atoms in total. The Morgan fingerprint density at radius 3 is 2.78 bits per heavy atom. The first kappa shape index (κ1) is 15.0. The van der Waals surface area contributed by atoms with Crippen molar-refractivity contribution in [2.24, 2.45) is 0 Å². The summed E-state index contributed by atoms with van der Waals surface area (Å²) in [4.78, 5) is 13.1. The predicted molar refractivity (Wildman–Crippen MR) is 74.8 cm³/mol. The second kappa shape index (κ2) is 6.78. The monoisotopic (exact) mass is 287 g/mol. The molecule has 0 aliphatic carbocycles. The maximum atomic E-state index is 11.7. The summed E-state index contributed by atoms with van der Waals surface area (Å²) in [6, 6.07) is 5.04. The minimum atomic E-state index is -0.554. The van der Waals surface area contributed by atoms with E-state index in [4.69, 9.17) is 23.2 Å². The number of carbonyl (C=O) groups excluding carboxylic acids is 1. The van der Waals surface area contributed by atoms with Crippen molar-refractivity contribution in [1.29, 1.82) is 0 Å². The first-order valence-corrected chi connectivity index (χ1v) is 6.22. The third-order valence-electron chi connectivity index (χ3n) is 2.28. The van der Waals surface area contributed by atoms with Crippen molar-refractivity contribution in [2.75, 3.05) is 13.6 Å². The number of nitrogens with zero attached hydrogens (tertiary/aromatic N) is 1. The number of hydrogen-bond acceptors (Lipinski definition) is 2. The number of carbonyl (C=O) groups is 1. The Hall–Kier alpha value is -1.03. The highest BCUT2D eigenvalue weighted by Gasteiger charge is 2.07. The second-order valence-electron chi connectivity index (χ2n) is 4.07. The van der Waals surface area contributed by atoms with Gasteiger partial charge >= 0.3 is 0 Å². The number of amides is 1. The number of likely N-dealkylation sites (N-methyl/N-ethyl adjacent to an activating group) is 1. The van der Waals surface area contributed by atoms with Crippen LogP contribution in [0.5, 0.6) is 0 Å². The SMILES string of the molecule is CC(O)CN(C)C(=O)C=Cc1cc(Cl)ccc1Cl. The average molecular weight is 288 g/mol. The van der Waals surface area contributed by atoms with E-state index >= 15 is 0 Å². The summed E-state index contributed by atoms with van der Waals surface area (Å²) in [6.45, 7) is 1.91. The van der Waals surface area contributed by atoms with Gasteiger partial charge in [0.05, 0.1) is 6.10 Å². The third-order valence-corrected chi connectivity index (χ3v) is 2.86. The first-order valence-electron chi connectivity index (χ1n) is 5.46. The van der Waals surface area contributed by atoms with Crippen LogP contribution in [0.3, 0.4) is 0 Å². The molecule has 0 aliphatic rings. The lowest BCUT2D eigenvalue weighted by Gasteiger charge is -2.16. The van der Waals surface area contributed by atoms with Gasteiger partial charge in [-0.2, -0.15) is 0 Å². The number of aliphatic hydroxyl groups excluding tert-OH is 1. The third kappa shape index (κ3) is 4.69. The Bertz CT molecular complexity index is 458. The van der Waals surface area contributed by atoms with Crippen LogP contribution in [0.2, 0.25) is 10.0 Å². The molecular weight excluding hydrogens is 273 g/mol. The molecule has 0 bridgehead atoms. The lowest BCUT2D eigenvalue weighted by molar-refractivity contribution is -0.125. The summed E-state index contributed by atoms with van der Waals surface area (Å²) >= 11 is 11.8. The van der Waals surface area contributed by atoms with Gasteiger partial charge in [0, 0.05) is 29.7 Å². The van der Waals surface area contributed by atoms with E-state index < -0.39 is 6.10 Å². The van der Waals surface area contributed by atoms with Gasteiger partial charge < -0.3 is 10.0 Å². The standard InChI is InChI=1S/C13H15Cl2NO2/c1-9(17)8-16(2)13(18)6-3-10-7-11(14)4-5-12(10)15/h3-7,9,17H,8H2,1-2H3. The van der Waals surface area contributed by atoms with Crippen LogP contribution in [-0.2, 0) is 4.79 Å². The van der Waals surface area contributed by atoms with E-state index in [-0.39, 0.29) is 12.5 Å². The van der Waals surface area contributed by atoms with Gasteiger partial charge in [-0.25, -0.2) is 0 Å². The van der Waals surface area contributed by atoms with Crippen LogP contribution >= 0.6 is 23.2 Å². The normalized spacial score (nSPS) is 12.7. The smallest absolute Gasteiger partial charge is 0.246 e. The minimum absolute atomic E-state index is 0.202. The van der Waals surface area contributed by atoms with Gasteiger partial charge in [-0.15, -0.1) is 0 Å². The maximum absolute atomic E-state index is 11.7. The van der Waals surface area contributed by atoms with Crippen LogP contribution in [0, 0.1) is 0 Å². The second-order valence-corrected chi connectivity index (χ2v) is 4.91. The molecule has 0 aliphatic heterocycles. The molecule has 1 unspecified atom stereocenters. The molecule has 0 saturated heterocycles. The molecule has 0 aromatic heterocycles. The number of halogens is 2. The fourth-order valence-corrected chi connectivity index (χ4v) is 1.78. The molecule has 1 rings (SSSR count). The molecular formula is C13H15Cl2NO2. The van der Waals surface area contributed by atoms with Crippen LogP contribution in [0.25, 0.3) is 6.08 Å². The van der Waals surface area contributed by atoms with Crippen LogP contribution in [0.4, 0.5) is 0 Å². The van der Waals surface area contributed by atoms with Crippen molar-refractivity contribution < 1.29 is 9.90 Å². The fraction of sp³-hybridized carbons (Fsp3) is 0.308. The summed E-state index contributed by atoms with van der Waals surface area (Å²) < 4.78 is 0. The minimum Gasteiger partial charge on any atom is -0.392 e. The van der Waals surface area contributed by atoms with Crippen LogP contribution < -0.4 is 0 Å². The van der Waals surface area contributed by atoms with E-state index in [9.17, 15) is 9.90 Å². The van der Waals surface area contributed by atoms with Crippen molar-refractivity contribution in [2.45, 2.75) is 13.0 Å². The molecule has 98 valence electrons. The molecule has 18 heavy (non-hydrogen) atoms. The number of benzene rings is 1. The van der Waals surface area contributed by atoms with E-state index in [0.29, 0.717) is 15.6 Å². The largest absolute Gasteiger partial charge is 0.392 e. The van der Waals surface area contributed by atoms with Crippen molar-refractivity contribution in [1.82, 2.24) is 4.90 Å². The lowest BCUT2D eigenvalue weighted by Crippen LogP contribution is -2.31. The highest BCUT2D eigenvalue weighted by molar-refractivity contribution is 6.34. The van der Waals surface area contributed by atoms with E-state index in [1.165, 1.54) is 11.0 Å². The first-order chi connectivity index (χ1) is 8.40. The molecule has 0 spiro atoms. The number of hydrogen-bond donors (Lipinski definition) is 1. The summed E-state index contributed by atoms with van der Waals surface area (Å²) in [5.41, 5.74) is 0.683. The van der Waals surface area contributed by atoms with E-state index in [2.05, 4.69) is 0 Å². The molecule has 1 amide bonds. The van der Waals surface area contributed by atoms with Crippen LogP contribution in [0.1, 0.15) is 12.5 Å². The van der Waals surface area contributed by atoms with Gasteiger partial charge in [0.25, 0.3) is 0 Å². The van der Waals surface area contributed by atoms with Gasteiger partial charge in [-0.05, 0) is 36.8 Å². The maximum Gasteiger partial charge on any atom is 0.246 e. The summed E-state index contributed by atoms with van der Waals surface area (Å²) in [6.07, 6.45) is 2.46. The Labute approximate surface area is 117 Å². The van der Waals surface area contributed by atoms with Gasteiger partial charge in [0.2, 0.25) is 5.91 Å². The molecule has 0 radical (unpaired) electrons. The van der Waals surface area contributed by atoms with E-state index in [1.54, 1.807) is 38.2 Å². The quantitative estimate of drug-likeness (QED) is 0.865. The zero-order chi connectivity index (χ0) is 13.7. The van der Waals surface area contributed by atoms with Crippen molar-refractivity contribution >= 4 is 35.2 Å². The Kier molecular flexibility index (Phi) is 5.66. The van der Waals surface area contributed by atoms with Gasteiger partial charge in [-0.1, -0.05) is 23.2 Å². The molecule has 0 heterocycles. The zero-order valence-electron chi connectivity index (χ0n) is 10.2. The van der Waals surface area contributed by atoms with Crippen molar-refractivity contribution in [3.8, 4) is 0 Å². The molecule has 1 atom stereocenters. The average Bonchev–Trinajstić information content (AvgIpc) is 2.29. The Morgan fingerprint density at radius 1 is 1.50 bits per heavy atom. The van der Waals surface area contributed by atoms with Crippen molar-refractivity contribution in [3.63, 3.8) is 0 Å². The van der Waals surface area contributed by atoms with Gasteiger partial charge in [0.15, 0.2) is 0 Å².